The van der Waals surface area contributed by atoms with Gasteiger partial charge in [0.2, 0.25) is 0 Å². The molecule has 0 fully saturated rings. The molecule has 1 amide bonds. The molecule has 0 unspecified atom stereocenters. The van der Waals surface area contributed by atoms with Gasteiger partial charge >= 0.3 is 0 Å². The molecule has 0 radical (unpaired) electrons. The smallest absolute Gasteiger partial charge is 0.276 e. The first-order valence-corrected chi connectivity index (χ1v) is 7.07. The van der Waals surface area contributed by atoms with Crippen molar-refractivity contribution in [3.05, 3.63) is 46.4 Å². The van der Waals surface area contributed by atoms with E-state index in [0.29, 0.717) is 16.5 Å². The molecule has 0 spiro atoms. The summed E-state index contributed by atoms with van der Waals surface area (Å²) in [5.41, 5.74) is 2.96. The Labute approximate surface area is 120 Å². The monoisotopic (exact) mass is 286 g/mol. The highest BCUT2D eigenvalue weighted by atomic mass is 32.1. The molecule has 0 aliphatic heterocycles. The van der Waals surface area contributed by atoms with Crippen molar-refractivity contribution in [2.24, 2.45) is 0 Å². The summed E-state index contributed by atoms with van der Waals surface area (Å²) in [4.78, 5) is 22.2. The molecule has 20 heavy (non-hydrogen) atoms. The van der Waals surface area contributed by atoms with Crippen LogP contribution in [0.25, 0.3) is 5.65 Å². The predicted molar refractivity (Wildman–Crippen MR) is 79.5 cm³/mol. The second-order valence-corrected chi connectivity index (χ2v) is 5.79. The number of aryl methyl sites for hydroxylation is 3. The third kappa shape index (κ3) is 2.08. The van der Waals surface area contributed by atoms with Crippen LogP contribution in [0.1, 0.15) is 26.8 Å². The van der Waals surface area contributed by atoms with E-state index in [-0.39, 0.29) is 5.91 Å². The Hall–Kier alpha value is -2.21. The minimum Gasteiger partial charge on any atom is -0.296 e. The van der Waals surface area contributed by atoms with Gasteiger partial charge in [-0.2, -0.15) is 0 Å². The molecule has 0 bridgehead atoms. The lowest BCUT2D eigenvalue weighted by atomic mass is 10.3. The molecular formula is C14H14N4OS. The zero-order valence-corrected chi connectivity index (χ0v) is 12.3. The average molecular weight is 286 g/mol. The molecule has 3 heterocycles. The van der Waals surface area contributed by atoms with Crippen molar-refractivity contribution < 1.29 is 4.79 Å². The van der Waals surface area contributed by atoms with E-state index in [2.05, 4.69) is 15.3 Å². The van der Waals surface area contributed by atoms with Crippen LogP contribution in [-0.2, 0) is 0 Å². The van der Waals surface area contributed by atoms with Gasteiger partial charge in [-0.05, 0) is 32.9 Å². The van der Waals surface area contributed by atoms with Crippen LogP contribution in [0.3, 0.4) is 0 Å². The van der Waals surface area contributed by atoms with Crippen molar-refractivity contribution >= 4 is 28.0 Å². The van der Waals surface area contributed by atoms with E-state index in [4.69, 9.17) is 0 Å². The normalized spacial score (nSPS) is 10.9. The van der Waals surface area contributed by atoms with Gasteiger partial charge in [0.15, 0.2) is 5.13 Å². The molecule has 0 aliphatic rings. The summed E-state index contributed by atoms with van der Waals surface area (Å²) in [6.45, 7) is 5.75. The van der Waals surface area contributed by atoms with Crippen molar-refractivity contribution in [1.82, 2.24) is 14.4 Å². The predicted octanol–water partition coefficient (Wildman–Crippen LogP) is 2.97. The Kier molecular flexibility index (Phi) is 3.02. The summed E-state index contributed by atoms with van der Waals surface area (Å²) in [7, 11) is 0. The fourth-order valence-corrected chi connectivity index (χ4v) is 2.88. The number of carbonyl (C=O) groups is 1. The van der Waals surface area contributed by atoms with Gasteiger partial charge in [-0.15, -0.1) is 11.3 Å². The van der Waals surface area contributed by atoms with Crippen LogP contribution < -0.4 is 5.32 Å². The molecule has 5 nitrogen and oxygen atoms in total. The minimum atomic E-state index is -0.185. The van der Waals surface area contributed by atoms with E-state index >= 15 is 0 Å². The number of hydrogen-bond acceptors (Lipinski definition) is 4. The molecular weight excluding hydrogens is 272 g/mol. The Morgan fingerprint density at radius 2 is 2.00 bits per heavy atom. The van der Waals surface area contributed by atoms with E-state index in [1.807, 2.05) is 45.2 Å². The maximum absolute atomic E-state index is 12.4. The number of rotatable bonds is 2. The van der Waals surface area contributed by atoms with Crippen LogP contribution in [0, 0.1) is 20.8 Å². The molecule has 0 aliphatic carbocycles. The van der Waals surface area contributed by atoms with Gasteiger partial charge in [0.1, 0.15) is 11.3 Å². The van der Waals surface area contributed by atoms with Crippen LogP contribution >= 0.6 is 11.3 Å². The molecule has 0 aromatic carbocycles. The topological polar surface area (TPSA) is 59.3 Å². The summed E-state index contributed by atoms with van der Waals surface area (Å²) in [5, 5.41) is 3.47. The number of pyridine rings is 1. The third-order valence-electron chi connectivity index (χ3n) is 3.17. The largest absolute Gasteiger partial charge is 0.296 e. The zero-order valence-electron chi connectivity index (χ0n) is 11.5. The van der Waals surface area contributed by atoms with Crippen molar-refractivity contribution in [1.29, 1.82) is 0 Å². The van der Waals surface area contributed by atoms with Gasteiger partial charge in [-0.3, -0.25) is 14.5 Å². The third-order valence-corrected chi connectivity index (χ3v) is 4.16. The SMILES string of the molecule is Cc1nc(NC(=O)c2c(C)nc3ccccn23)sc1C. The molecule has 3 rings (SSSR count). The number of imidazole rings is 1. The first-order valence-electron chi connectivity index (χ1n) is 6.25. The number of carbonyl (C=O) groups excluding carboxylic acids is 1. The maximum atomic E-state index is 12.4. The summed E-state index contributed by atoms with van der Waals surface area (Å²) in [5.74, 6) is -0.185. The molecule has 6 heteroatoms. The fraction of sp³-hybridized carbons (Fsp3) is 0.214. The van der Waals surface area contributed by atoms with Crippen molar-refractivity contribution in [2.45, 2.75) is 20.8 Å². The zero-order chi connectivity index (χ0) is 14.3. The van der Waals surface area contributed by atoms with Crippen LogP contribution in [0.5, 0.6) is 0 Å². The van der Waals surface area contributed by atoms with Crippen molar-refractivity contribution in [2.75, 3.05) is 5.32 Å². The van der Waals surface area contributed by atoms with Crippen molar-refractivity contribution in [3.8, 4) is 0 Å². The van der Waals surface area contributed by atoms with Gasteiger partial charge in [-0.25, -0.2) is 9.97 Å². The van der Waals surface area contributed by atoms with Crippen LogP contribution in [0.15, 0.2) is 24.4 Å². The molecule has 3 aromatic heterocycles. The number of amides is 1. The van der Waals surface area contributed by atoms with Gasteiger partial charge < -0.3 is 0 Å². The van der Waals surface area contributed by atoms with Gasteiger partial charge in [0.25, 0.3) is 5.91 Å². The second-order valence-electron chi connectivity index (χ2n) is 4.59. The standard InChI is InChI=1S/C14H14N4OS/c1-8-10(3)20-14(16-8)17-13(19)12-9(2)15-11-6-4-5-7-18(11)12/h4-7H,1-3H3,(H,16,17,19). The number of nitrogens with one attached hydrogen (secondary N) is 1. The Morgan fingerprint density at radius 1 is 1.20 bits per heavy atom. The molecule has 1 N–H and O–H groups in total. The van der Waals surface area contributed by atoms with Gasteiger partial charge in [0, 0.05) is 11.1 Å². The molecule has 102 valence electrons. The highest BCUT2D eigenvalue weighted by Crippen LogP contribution is 2.22. The highest BCUT2D eigenvalue weighted by Gasteiger charge is 2.17. The molecule has 0 saturated carbocycles. The van der Waals surface area contributed by atoms with E-state index in [0.717, 1.165) is 16.2 Å². The van der Waals surface area contributed by atoms with Crippen molar-refractivity contribution in [3.63, 3.8) is 0 Å². The lowest BCUT2D eigenvalue weighted by Crippen LogP contribution is -2.15. The first-order chi connectivity index (χ1) is 9.56. The van der Waals surface area contributed by atoms with Crippen LogP contribution in [-0.4, -0.2) is 20.3 Å². The lowest BCUT2D eigenvalue weighted by molar-refractivity contribution is 0.102. The fourth-order valence-electron chi connectivity index (χ4n) is 2.07. The summed E-state index contributed by atoms with van der Waals surface area (Å²) < 4.78 is 1.79. The minimum absolute atomic E-state index is 0.185. The van der Waals surface area contributed by atoms with Gasteiger partial charge in [-0.1, -0.05) is 6.07 Å². The number of anilines is 1. The summed E-state index contributed by atoms with van der Waals surface area (Å²) in [6, 6.07) is 5.65. The number of fused-ring (bicyclic) bond motifs is 1. The van der Waals surface area contributed by atoms with Gasteiger partial charge in [0.05, 0.1) is 11.4 Å². The van der Waals surface area contributed by atoms with E-state index in [1.54, 1.807) is 4.40 Å². The Balaban J connectivity index is 1.98. The van der Waals surface area contributed by atoms with Crippen LogP contribution in [0.2, 0.25) is 0 Å². The molecule has 0 saturated heterocycles. The van der Waals surface area contributed by atoms with E-state index < -0.39 is 0 Å². The van der Waals surface area contributed by atoms with E-state index in [9.17, 15) is 4.79 Å². The molecule has 3 aromatic rings. The number of nitrogens with zero attached hydrogens (tertiary/aromatic N) is 3. The number of hydrogen-bond donors (Lipinski definition) is 1. The summed E-state index contributed by atoms with van der Waals surface area (Å²) in [6.07, 6.45) is 1.84. The van der Waals surface area contributed by atoms with Crippen LogP contribution in [0.4, 0.5) is 5.13 Å². The number of aromatic nitrogens is 3. The summed E-state index contributed by atoms with van der Waals surface area (Å²) >= 11 is 1.48. The average Bonchev–Trinajstić information content (AvgIpc) is 2.88. The Bertz CT molecular complexity index is 783. The highest BCUT2D eigenvalue weighted by molar-refractivity contribution is 7.15. The second kappa shape index (κ2) is 4.72. The quantitative estimate of drug-likeness (QED) is 0.788. The Morgan fingerprint density at radius 3 is 2.70 bits per heavy atom. The first kappa shape index (κ1) is 12.8. The van der Waals surface area contributed by atoms with E-state index in [1.165, 1.54) is 11.3 Å². The maximum Gasteiger partial charge on any atom is 0.276 e. The molecule has 0 atom stereocenters. The lowest BCUT2D eigenvalue weighted by Gasteiger charge is -2.02. The number of thiazole rings is 1.